The number of rotatable bonds is 4. The molecule has 1 atom stereocenters. The topological polar surface area (TPSA) is 52.5 Å². The number of phenolic OH excluding ortho intramolecular Hbond substituents is 2. The molecule has 3 N–H and O–H groups in total. The Morgan fingerprint density at radius 2 is 1.62 bits per heavy atom. The summed E-state index contributed by atoms with van der Waals surface area (Å²) < 4.78 is 0. The molecule has 3 rings (SSSR count). The minimum absolute atomic E-state index is 0.0215. The number of hydrogen-bond donors (Lipinski definition) is 3. The Balaban J connectivity index is 1.60. The Hall–Kier alpha value is -2.00. The van der Waals surface area contributed by atoms with Crippen LogP contribution in [0.2, 0.25) is 0 Å². The van der Waals surface area contributed by atoms with Crippen LogP contribution in [-0.2, 0) is 19.3 Å². The fraction of sp³-hybridized carbons (Fsp3) is 0.333. The predicted molar refractivity (Wildman–Crippen MR) is 83.7 cm³/mol. The molecule has 0 saturated carbocycles. The number of nitrogens with one attached hydrogen (secondary N) is 1. The number of aromatic hydroxyl groups is 2. The first-order chi connectivity index (χ1) is 10.1. The monoisotopic (exact) mass is 283 g/mol. The minimum Gasteiger partial charge on any atom is -0.504 e. The van der Waals surface area contributed by atoms with Crippen molar-refractivity contribution in [3.63, 3.8) is 0 Å². The lowest BCUT2D eigenvalue weighted by atomic mass is 10.1. The van der Waals surface area contributed by atoms with E-state index in [0.29, 0.717) is 12.1 Å². The largest absolute Gasteiger partial charge is 0.504 e. The second-order valence-corrected chi connectivity index (χ2v) is 5.97. The van der Waals surface area contributed by atoms with Crippen LogP contribution in [-0.4, -0.2) is 22.3 Å². The van der Waals surface area contributed by atoms with E-state index in [-0.39, 0.29) is 11.5 Å². The Kier molecular flexibility index (Phi) is 3.84. The van der Waals surface area contributed by atoms with E-state index in [2.05, 4.69) is 36.5 Å². The zero-order valence-electron chi connectivity index (χ0n) is 12.2. The highest BCUT2D eigenvalue weighted by Gasteiger charge is 2.24. The maximum Gasteiger partial charge on any atom is 0.157 e. The molecule has 0 heterocycles. The first-order valence-corrected chi connectivity index (χ1v) is 7.45. The van der Waals surface area contributed by atoms with E-state index < -0.39 is 0 Å². The maximum atomic E-state index is 9.58. The van der Waals surface area contributed by atoms with Gasteiger partial charge in [0.1, 0.15) is 0 Å². The normalized spacial score (nSPS) is 15.9. The lowest BCUT2D eigenvalue weighted by Crippen LogP contribution is -2.38. The number of hydrogen-bond acceptors (Lipinski definition) is 3. The molecule has 110 valence electrons. The van der Waals surface area contributed by atoms with Crippen LogP contribution in [0.1, 0.15) is 23.6 Å². The molecular formula is C18H21NO2. The second kappa shape index (κ2) is 5.78. The predicted octanol–water partition coefficient (Wildman–Crippen LogP) is 2.79. The van der Waals surface area contributed by atoms with Crippen molar-refractivity contribution in [2.45, 2.75) is 38.3 Å². The third-order valence-corrected chi connectivity index (χ3v) is 4.13. The van der Waals surface area contributed by atoms with Gasteiger partial charge in [0.15, 0.2) is 11.5 Å². The van der Waals surface area contributed by atoms with Gasteiger partial charge in [-0.25, -0.2) is 0 Å². The van der Waals surface area contributed by atoms with Gasteiger partial charge in [0, 0.05) is 12.1 Å². The zero-order valence-corrected chi connectivity index (χ0v) is 12.2. The van der Waals surface area contributed by atoms with Gasteiger partial charge in [0.05, 0.1) is 0 Å². The molecule has 0 saturated heterocycles. The van der Waals surface area contributed by atoms with E-state index in [0.717, 1.165) is 30.4 Å². The lowest BCUT2D eigenvalue weighted by molar-refractivity contribution is 0.403. The first kappa shape index (κ1) is 14.0. The third kappa shape index (κ3) is 3.19. The van der Waals surface area contributed by atoms with E-state index in [9.17, 15) is 10.2 Å². The van der Waals surface area contributed by atoms with E-state index in [1.807, 2.05) is 6.07 Å². The Labute approximate surface area is 125 Å². The van der Waals surface area contributed by atoms with Crippen molar-refractivity contribution < 1.29 is 10.2 Å². The average Bonchev–Trinajstić information content (AvgIpc) is 2.81. The van der Waals surface area contributed by atoms with Gasteiger partial charge >= 0.3 is 0 Å². The Morgan fingerprint density at radius 3 is 2.19 bits per heavy atom. The van der Waals surface area contributed by atoms with Gasteiger partial charge in [-0.15, -0.1) is 0 Å². The number of fused-ring (bicyclic) bond motifs is 1. The van der Waals surface area contributed by atoms with E-state index >= 15 is 0 Å². The molecule has 0 aromatic heterocycles. The molecule has 0 radical (unpaired) electrons. The van der Waals surface area contributed by atoms with Crippen LogP contribution in [0.15, 0.2) is 42.5 Å². The molecule has 0 spiro atoms. The minimum atomic E-state index is -0.0215. The second-order valence-electron chi connectivity index (χ2n) is 5.97. The fourth-order valence-electron chi connectivity index (χ4n) is 3.19. The quantitative estimate of drug-likeness (QED) is 0.756. The van der Waals surface area contributed by atoms with Crippen LogP contribution in [0.4, 0.5) is 0 Å². The Bertz CT molecular complexity index is 594. The van der Waals surface area contributed by atoms with Crippen molar-refractivity contribution in [3.8, 4) is 11.5 Å². The van der Waals surface area contributed by atoms with Gasteiger partial charge < -0.3 is 15.5 Å². The van der Waals surface area contributed by atoms with E-state index in [1.165, 1.54) is 5.56 Å². The zero-order chi connectivity index (χ0) is 14.8. The van der Waals surface area contributed by atoms with Crippen LogP contribution in [0.3, 0.4) is 0 Å². The molecule has 0 amide bonds. The summed E-state index contributed by atoms with van der Waals surface area (Å²) in [4.78, 5) is 0. The molecule has 2 aromatic rings. The molecule has 0 bridgehead atoms. The smallest absolute Gasteiger partial charge is 0.157 e. The summed E-state index contributed by atoms with van der Waals surface area (Å²) in [7, 11) is 0. The Morgan fingerprint density at radius 1 is 1.05 bits per heavy atom. The highest BCUT2D eigenvalue weighted by atomic mass is 16.3. The molecule has 0 fully saturated rings. The van der Waals surface area contributed by atoms with Crippen LogP contribution in [0, 0.1) is 0 Å². The summed E-state index contributed by atoms with van der Waals surface area (Å²) in [5.41, 5.74) is 3.60. The molecular weight excluding hydrogens is 262 g/mol. The van der Waals surface area contributed by atoms with Gasteiger partial charge in [0.2, 0.25) is 0 Å². The molecule has 2 aromatic carbocycles. The van der Waals surface area contributed by atoms with Gasteiger partial charge in [-0.05, 0) is 55.0 Å². The molecule has 3 nitrogen and oxygen atoms in total. The standard InChI is InChI=1S/C18H21NO2/c1-12(7-13-5-3-2-4-6-13)19-16-8-14-10-17(20)18(21)11-15(14)9-16/h2-6,10-12,16,19-21H,7-9H2,1H3. The number of phenols is 2. The molecule has 0 aliphatic heterocycles. The molecule has 1 unspecified atom stereocenters. The molecule has 3 heteroatoms. The van der Waals surface area contributed by atoms with Crippen molar-refractivity contribution >= 4 is 0 Å². The van der Waals surface area contributed by atoms with Crippen molar-refractivity contribution in [1.29, 1.82) is 0 Å². The summed E-state index contributed by atoms with van der Waals surface area (Å²) in [5.74, 6) is -0.0431. The number of benzene rings is 2. The third-order valence-electron chi connectivity index (χ3n) is 4.13. The van der Waals surface area contributed by atoms with Crippen LogP contribution >= 0.6 is 0 Å². The van der Waals surface area contributed by atoms with Gasteiger partial charge in [-0.3, -0.25) is 0 Å². The van der Waals surface area contributed by atoms with Crippen LogP contribution in [0.25, 0.3) is 0 Å². The fourth-order valence-corrected chi connectivity index (χ4v) is 3.19. The highest BCUT2D eigenvalue weighted by Crippen LogP contribution is 2.33. The molecule has 21 heavy (non-hydrogen) atoms. The van der Waals surface area contributed by atoms with Crippen molar-refractivity contribution in [1.82, 2.24) is 5.32 Å². The van der Waals surface area contributed by atoms with Crippen molar-refractivity contribution in [2.24, 2.45) is 0 Å². The van der Waals surface area contributed by atoms with Gasteiger partial charge in [0.25, 0.3) is 0 Å². The summed E-state index contributed by atoms with van der Waals surface area (Å²) in [6.07, 6.45) is 2.81. The molecule has 1 aliphatic carbocycles. The van der Waals surface area contributed by atoms with Gasteiger partial charge in [-0.1, -0.05) is 30.3 Å². The van der Waals surface area contributed by atoms with Gasteiger partial charge in [-0.2, -0.15) is 0 Å². The summed E-state index contributed by atoms with van der Waals surface area (Å²) in [6, 6.07) is 14.6. The van der Waals surface area contributed by atoms with E-state index in [1.54, 1.807) is 12.1 Å². The summed E-state index contributed by atoms with van der Waals surface area (Å²) in [5, 5.41) is 22.8. The highest BCUT2D eigenvalue weighted by molar-refractivity contribution is 5.48. The summed E-state index contributed by atoms with van der Waals surface area (Å²) >= 11 is 0. The van der Waals surface area contributed by atoms with E-state index in [4.69, 9.17) is 0 Å². The first-order valence-electron chi connectivity index (χ1n) is 7.45. The van der Waals surface area contributed by atoms with Crippen LogP contribution in [0.5, 0.6) is 11.5 Å². The SMILES string of the molecule is CC(Cc1ccccc1)NC1Cc2cc(O)c(O)cc2C1. The van der Waals surface area contributed by atoms with Crippen LogP contribution < -0.4 is 5.32 Å². The average molecular weight is 283 g/mol. The lowest BCUT2D eigenvalue weighted by Gasteiger charge is -2.19. The maximum absolute atomic E-state index is 9.58. The molecule has 1 aliphatic rings. The van der Waals surface area contributed by atoms with Crippen molar-refractivity contribution in [2.75, 3.05) is 0 Å². The summed E-state index contributed by atoms with van der Waals surface area (Å²) in [6.45, 7) is 2.20. The van der Waals surface area contributed by atoms with Crippen molar-refractivity contribution in [3.05, 3.63) is 59.2 Å².